The number of aromatic amines is 1. The van der Waals surface area contributed by atoms with Crippen LogP contribution in [0.1, 0.15) is 5.69 Å². The Kier molecular flexibility index (Phi) is 3.40. The zero-order valence-electron chi connectivity index (χ0n) is 8.11. The van der Waals surface area contributed by atoms with E-state index in [1.807, 2.05) is 30.5 Å². The standard InChI is InChI=1S/C11H11BrN2O/c12-5-8-15-11(9-3-1-6-13-9)10-4-2-7-14-10/h1-4,6-7,13H,5,8H2/b11-10-. The van der Waals surface area contributed by atoms with E-state index in [9.17, 15) is 0 Å². The summed E-state index contributed by atoms with van der Waals surface area (Å²) in [7, 11) is 0. The van der Waals surface area contributed by atoms with Crippen molar-refractivity contribution in [2.24, 2.45) is 4.99 Å². The predicted molar refractivity (Wildman–Crippen MR) is 65.1 cm³/mol. The lowest BCUT2D eigenvalue weighted by Crippen LogP contribution is -1.98. The van der Waals surface area contributed by atoms with Crippen molar-refractivity contribution in [3.05, 3.63) is 41.9 Å². The molecule has 0 saturated heterocycles. The van der Waals surface area contributed by atoms with E-state index in [-0.39, 0.29) is 0 Å². The molecule has 0 atom stereocenters. The van der Waals surface area contributed by atoms with Crippen molar-refractivity contribution < 1.29 is 4.74 Å². The number of halogens is 1. The monoisotopic (exact) mass is 266 g/mol. The Morgan fingerprint density at radius 3 is 3.07 bits per heavy atom. The van der Waals surface area contributed by atoms with Gasteiger partial charge in [0.15, 0.2) is 5.76 Å². The van der Waals surface area contributed by atoms with Gasteiger partial charge in [0.2, 0.25) is 0 Å². The summed E-state index contributed by atoms with van der Waals surface area (Å²) in [6.45, 7) is 0.626. The summed E-state index contributed by atoms with van der Waals surface area (Å²) in [5.41, 5.74) is 1.81. The number of alkyl halides is 1. The van der Waals surface area contributed by atoms with E-state index in [0.29, 0.717) is 6.61 Å². The van der Waals surface area contributed by atoms with Gasteiger partial charge in [-0.05, 0) is 24.3 Å². The Morgan fingerprint density at radius 1 is 1.53 bits per heavy atom. The first kappa shape index (κ1) is 10.2. The molecule has 1 aromatic heterocycles. The first-order valence-electron chi connectivity index (χ1n) is 4.69. The fourth-order valence-corrected chi connectivity index (χ4v) is 1.50. The van der Waals surface area contributed by atoms with E-state index >= 15 is 0 Å². The summed E-state index contributed by atoms with van der Waals surface area (Å²) in [4.78, 5) is 7.35. The number of hydrogen-bond acceptors (Lipinski definition) is 2. The number of aromatic nitrogens is 1. The highest BCUT2D eigenvalue weighted by molar-refractivity contribution is 9.09. The van der Waals surface area contributed by atoms with Crippen LogP contribution in [0.2, 0.25) is 0 Å². The van der Waals surface area contributed by atoms with Crippen molar-refractivity contribution in [2.75, 3.05) is 11.9 Å². The molecule has 1 N–H and O–H groups in total. The minimum Gasteiger partial charge on any atom is -0.488 e. The second-order valence-corrected chi connectivity index (χ2v) is 3.77. The maximum atomic E-state index is 5.66. The van der Waals surface area contributed by atoms with Gasteiger partial charge in [-0.25, -0.2) is 0 Å². The smallest absolute Gasteiger partial charge is 0.168 e. The van der Waals surface area contributed by atoms with Gasteiger partial charge in [0.05, 0.1) is 12.3 Å². The number of hydrogen-bond donors (Lipinski definition) is 1. The van der Waals surface area contributed by atoms with Gasteiger partial charge in [-0.1, -0.05) is 15.9 Å². The molecule has 0 fully saturated rings. The molecule has 4 heteroatoms. The average molecular weight is 267 g/mol. The number of allylic oxidation sites excluding steroid dienone is 2. The molecule has 1 aliphatic rings. The van der Waals surface area contributed by atoms with Gasteiger partial charge >= 0.3 is 0 Å². The van der Waals surface area contributed by atoms with Crippen LogP contribution in [0.5, 0.6) is 0 Å². The Labute approximate surface area is 96.7 Å². The van der Waals surface area contributed by atoms with Gasteiger partial charge < -0.3 is 9.72 Å². The lowest BCUT2D eigenvalue weighted by molar-refractivity contribution is 0.299. The molecule has 3 nitrogen and oxygen atoms in total. The Balaban J connectivity index is 2.28. The molecule has 0 aliphatic carbocycles. The third-order valence-corrected chi connectivity index (χ3v) is 2.28. The third kappa shape index (κ3) is 2.39. The molecule has 0 saturated carbocycles. The van der Waals surface area contributed by atoms with Crippen molar-refractivity contribution in [3.63, 3.8) is 0 Å². The SMILES string of the molecule is BrCCO/C(=C1/C=CC=N1)c1ccc[nH]1. The van der Waals surface area contributed by atoms with Gasteiger partial charge in [0, 0.05) is 17.7 Å². The largest absolute Gasteiger partial charge is 0.488 e. The van der Waals surface area contributed by atoms with E-state index in [4.69, 9.17) is 4.74 Å². The Hall–Kier alpha value is -1.29. The number of nitrogens with zero attached hydrogens (tertiary/aromatic N) is 1. The van der Waals surface area contributed by atoms with Crippen LogP contribution in [-0.4, -0.2) is 23.1 Å². The van der Waals surface area contributed by atoms with Crippen molar-refractivity contribution in [2.45, 2.75) is 0 Å². The predicted octanol–water partition coefficient (Wildman–Crippen LogP) is 2.74. The van der Waals surface area contributed by atoms with Gasteiger partial charge in [-0.15, -0.1) is 0 Å². The first-order valence-corrected chi connectivity index (χ1v) is 5.81. The number of nitrogens with one attached hydrogen (secondary N) is 1. The van der Waals surface area contributed by atoms with E-state index in [1.54, 1.807) is 6.21 Å². The molecule has 1 aromatic rings. The van der Waals surface area contributed by atoms with Crippen molar-refractivity contribution in [3.8, 4) is 0 Å². The van der Waals surface area contributed by atoms with E-state index in [2.05, 4.69) is 25.9 Å². The van der Waals surface area contributed by atoms with Gasteiger partial charge in [-0.2, -0.15) is 0 Å². The summed E-state index contributed by atoms with van der Waals surface area (Å²) in [5.74, 6) is 0.796. The summed E-state index contributed by atoms with van der Waals surface area (Å²) in [6, 6.07) is 3.91. The number of ether oxygens (including phenoxy) is 1. The highest BCUT2D eigenvalue weighted by Gasteiger charge is 2.10. The number of rotatable bonds is 4. The van der Waals surface area contributed by atoms with Crippen LogP contribution in [0.25, 0.3) is 5.76 Å². The number of aliphatic imine (C=N–C) groups is 1. The van der Waals surface area contributed by atoms with Crippen LogP contribution in [-0.2, 0) is 4.74 Å². The quantitative estimate of drug-likeness (QED) is 0.661. The van der Waals surface area contributed by atoms with Gasteiger partial charge in [0.1, 0.15) is 5.70 Å². The zero-order valence-corrected chi connectivity index (χ0v) is 9.70. The molecule has 78 valence electrons. The first-order chi connectivity index (χ1) is 7.42. The maximum Gasteiger partial charge on any atom is 0.168 e. The second-order valence-electron chi connectivity index (χ2n) is 2.97. The normalized spacial score (nSPS) is 17.1. The molecule has 0 bridgehead atoms. The van der Waals surface area contributed by atoms with Gasteiger partial charge in [-0.3, -0.25) is 4.99 Å². The second kappa shape index (κ2) is 4.98. The zero-order chi connectivity index (χ0) is 10.5. The summed E-state index contributed by atoms with van der Waals surface area (Å²) in [6.07, 6.45) is 7.46. The highest BCUT2D eigenvalue weighted by atomic mass is 79.9. The molecule has 0 unspecified atom stereocenters. The lowest BCUT2D eigenvalue weighted by Gasteiger charge is -2.08. The molecule has 0 spiro atoms. The van der Waals surface area contributed by atoms with Crippen LogP contribution < -0.4 is 0 Å². The molecule has 0 radical (unpaired) electrons. The van der Waals surface area contributed by atoms with Crippen LogP contribution in [0, 0.1) is 0 Å². The van der Waals surface area contributed by atoms with Crippen molar-refractivity contribution in [1.29, 1.82) is 0 Å². The lowest BCUT2D eigenvalue weighted by atomic mass is 10.3. The summed E-state index contributed by atoms with van der Waals surface area (Å²) >= 11 is 3.34. The Bertz CT molecular complexity index is 390. The molecule has 1 aliphatic heterocycles. The van der Waals surface area contributed by atoms with Gasteiger partial charge in [0.25, 0.3) is 0 Å². The van der Waals surface area contributed by atoms with Crippen molar-refractivity contribution in [1.82, 2.24) is 4.98 Å². The fraction of sp³-hybridized carbons (Fsp3) is 0.182. The van der Waals surface area contributed by atoms with E-state index < -0.39 is 0 Å². The highest BCUT2D eigenvalue weighted by Crippen LogP contribution is 2.22. The number of H-pyrrole nitrogens is 1. The van der Waals surface area contributed by atoms with Crippen LogP contribution in [0.3, 0.4) is 0 Å². The van der Waals surface area contributed by atoms with Crippen molar-refractivity contribution >= 4 is 27.9 Å². The topological polar surface area (TPSA) is 37.4 Å². The third-order valence-electron chi connectivity index (χ3n) is 1.95. The molecule has 15 heavy (non-hydrogen) atoms. The van der Waals surface area contributed by atoms with Crippen LogP contribution in [0.4, 0.5) is 0 Å². The van der Waals surface area contributed by atoms with Crippen LogP contribution in [0.15, 0.2) is 41.2 Å². The Morgan fingerprint density at radius 2 is 2.47 bits per heavy atom. The van der Waals surface area contributed by atoms with E-state index in [1.165, 1.54) is 0 Å². The minimum atomic E-state index is 0.626. The average Bonchev–Trinajstić information content (AvgIpc) is 2.90. The fourth-order valence-electron chi connectivity index (χ4n) is 1.34. The molecular weight excluding hydrogens is 256 g/mol. The molecule has 0 amide bonds. The maximum absolute atomic E-state index is 5.66. The summed E-state index contributed by atoms with van der Waals surface area (Å²) in [5, 5.41) is 0.803. The van der Waals surface area contributed by atoms with Crippen LogP contribution >= 0.6 is 15.9 Å². The minimum absolute atomic E-state index is 0.626. The molecule has 2 rings (SSSR count). The molecule has 0 aromatic carbocycles. The van der Waals surface area contributed by atoms with E-state index in [0.717, 1.165) is 22.5 Å². The molecule has 2 heterocycles. The molecular formula is C11H11BrN2O. The summed E-state index contributed by atoms with van der Waals surface area (Å²) < 4.78 is 5.66.